The molecule has 2 N–H and O–H groups in total. The second-order valence-corrected chi connectivity index (χ2v) is 8.56. The van der Waals surface area contributed by atoms with Crippen molar-refractivity contribution in [1.82, 2.24) is 9.88 Å². The molecule has 36 heavy (non-hydrogen) atoms. The topological polar surface area (TPSA) is 66.6 Å². The van der Waals surface area contributed by atoms with Crippen molar-refractivity contribution in [1.29, 1.82) is 0 Å². The van der Waals surface area contributed by atoms with Crippen LogP contribution in [0.25, 0.3) is 10.9 Å². The largest absolute Gasteiger partial charge is 0.497 e. The first-order valence-corrected chi connectivity index (χ1v) is 11.4. The minimum Gasteiger partial charge on any atom is -0.497 e. The second-order valence-electron chi connectivity index (χ2n) is 8.56. The molecule has 0 radical (unpaired) electrons. The fourth-order valence-electron chi connectivity index (χ4n) is 4.74. The highest BCUT2D eigenvalue weighted by Crippen LogP contribution is 2.40. The molecule has 4 aromatic rings. The molecule has 0 saturated carbocycles. The summed E-state index contributed by atoms with van der Waals surface area (Å²) < 4.78 is 50.4. The number of rotatable bonds is 4. The van der Waals surface area contributed by atoms with Gasteiger partial charge >= 0.3 is 12.2 Å². The predicted octanol–water partition coefficient (Wildman–Crippen LogP) is 6.38. The van der Waals surface area contributed by atoms with Gasteiger partial charge in [0.1, 0.15) is 11.5 Å². The number of alkyl halides is 3. The number of hydrogen-bond acceptors (Lipinski definition) is 3. The number of nitrogens with zero attached hydrogens (tertiary/aromatic N) is 1. The standard InChI is InChI=1S/C27H24F3N3O3/c1-35-19-8-3-5-16(13-19)25-24-21(22-15-20(36-2)9-10-23(22)32-24)11-12-33(25)26(34)31-18-7-4-6-17(14-18)27(28,29)30/h3-10,13-15,25,32H,11-12H2,1-2H3,(H,31,34)/t25-/m0/s1. The highest BCUT2D eigenvalue weighted by atomic mass is 19.4. The van der Waals surface area contributed by atoms with Gasteiger partial charge in [0.25, 0.3) is 0 Å². The SMILES string of the molecule is COc1cccc([C@H]2c3[nH]c4ccc(OC)cc4c3CCN2C(=O)Nc2cccc(C(F)(F)F)c2)c1. The van der Waals surface area contributed by atoms with Crippen molar-refractivity contribution >= 4 is 22.6 Å². The Kier molecular flexibility index (Phi) is 5.99. The molecular weight excluding hydrogens is 471 g/mol. The average molecular weight is 496 g/mol. The number of H-pyrrole nitrogens is 1. The number of benzene rings is 3. The summed E-state index contributed by atoms with van der Waals surface area (Å²) in [5.41, 5.74) is 2.89. The van der Waals surface area contributed by atoms with Gasteiger partial charge in [0.2, 0.25) is 0 Å². The van der Waals surface area contributed by atoms with Gasteiger partial charge in [0, 0.05) is 28.8 Å². The third-order valence-corrected chi connectivity index (χ3v) is 6.45. The monoisotopic (exact) mass is 495 g/mol. The van der Waals surface area contributed by atoms with Crippen LogP contribution in [0.3, 0.4) is 0 Å². The molecule has 9 heteroatoms. The summed E-state index contributed by atoms with van der Waals surface area (Å²) >= 11 is 0. The lowest BCUT2D eigenvalue weighted by atomic mass is 9.92. The van der Waals surface area contributed by atoms with Gasteiger partial charge in [-0.1, -0.05) is 18.2 Å². The van der Waals surface area contributed by atoms with Gasteiger partial charge in [0.05, 0.1) is 25.8 Å². The van der Waals surface area contributed by atoms with E-state index in [9.17, 15) is 18.0 Å². The average Bonchev–Trinajstić information content (AvgIpc) is 3.25. The number of amides is 2. The van der Waals surface area contributed by atoms with Gasteiger partial charge < -0.3 is 24.7 Å². The lowest BCUT2D eigenvalue weighted by Gasteiger charge is -2.36. The van der Waals surface area contributed by atoms with Crippen LogP contribution in [0, 0.1) is 0 Å². The number of carbonyl (C=O) groups excluding carboxylic acids is 1. The van der Waals surface area contributed by atoms with E-state index < -0.39 is 23.8 Å². The first kappa shape index (κ1) is 23.6. The summed E-state index contributed by atoms with van der Waals surface area (Å²) in [4.78, 5) is 18.6. The number of carbonyl (C=O) groups is 1. The summed E-state index contributed by atoms with van der Waals surface area (Å²) in [7, 11) is 3.18. The highest BCUT2D eigenvalue weighted by Gasteiger charge is 2.35. The van der Waals surface area contributed by atoms with Crippen molar-refractivity contribution in [3.05, 3.63) is 89.1 Å². The molecule has 3 aromatic carbocycles. The zero-order valence-corrected chi connectivity index (χ0v) is 19.6. The minimum absolute atomic E-state index is 0.0754. The van der Waals surface area contributed by atoms with Crippen molar-refractivity contribution in [3.8, 4) is 11.5 Å². The lowest BCUT2D eigenvalue weighted by molar-refractivity contribution is -0.137. The molecule has 2 amide bonds. The van der Waals surface area contributed by atoms with E-state index in [1.807, 2.05) is 42.5 Å². The molecule has 0 aliphatic carbocycles. The minimum atomic E-state index is -4.50. The van der Waals surface area contributed by atoms with Crippen molar-refractivity contribution in [3.63, 3.8) is 0 Å². The molecule has 2 heterocycles. The lowest BCUT2D eigenvalue weighted by Crippen LogP contribution is -2.43. The molecular formula is C27H24F3N3O3. The van der Waals surface area contributed by atoms with Crippen molar-refractivity contribution in [2.24, 2.45) is 0 Å². The maximum atomic E-state index is 13.5. The van der Waals surface area contributed by atoms with Crippen LogP contribution in [0.4, 0.5) is 23.7 Å². The van der Waals surface area contributed by atoms with Crippen LogP contribution < -0.4 is 14.8 Å². The number of aromatic amines is 1. The number of hydrogen-bond donors (Lipinski definition) is 2. The molecule has 1 aromatic heterocycles. The summed E-state index contributed by atoms with van der Waals surface area (Å²) in [6, 6.07) is 16.8. The molecule has 186 valence electrons. The first-order valence-electron chi connectivity index (χ1n) is 11.4. The van der Waals surface area contributed by atoms with Crippen molar-refractivity contribution < 1.29 is 27.4 Å². The maximum Gasteiger partial charge on any atom is 0.416 e. The Balaban J connectivity index is 1.56. The summed E-state index contributed by atoms with van der Waals surface area (Å²) in [5, 5.41) is 3.67. The van der Waals surface area contributed by atoms with E-state index >= 15 is 0 Å². The molecule has 5 rings (SSSR count). The van der Waals surface area contributed by atoms with E-state index in [1.165, 1.54) is 12.1 Å². The number of ether oxygens (including phenoxy) is 2. The number of aromatic nitrogens is 1. The fraction of sp³-hybridized carbons (Fsp3) is 0.222. The molecule has 0 saturated heterocycles. The number of nitrogens with one attached hydrogen (secondary N) is 2. The van der Waals surface area contributed by atoms with Crippen molar-refractivity contribution in [2.45, 2.75) is 18.6 Å². The number of urea groups is 1. The van der Waals surface area contributed by atoms with Crippen molar-refractivity contribution in [2.75, 3.05) is 26.1 Å². The zero-order chi connectivity index (χ0) is 25.4. The van der Waals surface area contributed by atoms with Crippen LogP contribution in [-0.4, -0.2) is 36.7 Å². The van der Waals surface area contributed by atoms with Gasteiger partial charge in [-0.3, -0.25) is 0 Å². The first-order chi connectivity index (χ1) is 17.3. The van der Waals surface area contributed by atoms with Crippen LogP contribution in [-0.2, 0) is 12.6 Å². The Hall–Kier alpha value is -4.14. The number of methoxy groups -OCH3 is 2. The van der Waals surface area contributed by atoms with Crippen LogP contribution in [0.2, 0.25) is 0 Å². The van der Waals surface area contributed by atoms with Crippen LogP contribution in [0.1, 0.15) is 28.4 Å². The Morgan fingerprint density at radius 2 is 1.75 bits per heavy atom. The molecule has 1 atom stereocenters. The Morgan fingerprint density at radius 1 is 1.00 bits per heavy atom. The van der Waals surface area contributed by atoms with E-state index in [0.29, 0.717) is 18.7 Å². The molecule has 0 unspecified atom stereocenters. The number of anilines is 1. The van der Waals surface area contributed by atoms with E-state index in [-0.39, 0.29) is 5.69 Å². The van der Waals surface area contributed by atoms with Gasteiger partial charge in [-0.05, 0) is 66.1 Å². The predicted molar refractivity (Wildman–Crippen MR) is 131 cm³/mol. The van der Waals surface area contributed by atoms with Gasteiger partial charge in [-0.25, -0.2) is 4.79 Å². The normalized spacial score (nSPS) is 15.5. The van der Waals surface area contributed by atoms with E-state index in [4.69, 9.17) is 9.47 Å². The zero-order valence-electron chi connectivity index (χ0n) is 19.6. The molecule has 1 aliphatic rings. The molecule has 0 spiro atoms. The smallest absolute Gasteiger partial charge is 0.416 e. The number of fused-ring (bicyclic) bond motifs is 3. The Bertz CT molecular complexity index is 1430. The molecule has 0 fully saturated rings. The van der Waals surface area contributed by atoms with Crippen LogP contribution in [0.5, 0.6) is 11.5 Å². The van der Waals surface area contributed by atoms with Crippen LogP contribution in [0.15, 0.2) is 66.7 Å². The summed E-state index contributed by atoms with van der Waals surface area (Å²) in [6.07, 6.45) is -3.94. The van der Waals surface area contributed by atoms with E-state index in [1.54, 1.807) is 19.1 Å². The van der Waals surface area contributed by atoms with Crippen LogP contribution >= 0.6 is 0 Å². The highest BCUT2D eigenvalue weighted by molar-refractivity contribution is 5.92. The van der Waals surface area contributed by atoms with Gasteiger partial charge in [0.15, 0.2) is 0 Å². The van der Waals surface area contributed by atoms with Gasteiger partial charge in [-0.2, -0.15) is 13.2 Å². The van der Waals surface area contributed by atoms with E-state index in [2.05, 4.69) is 10.3 Å². The Labute approximate surface area is 205 Å². The van der Waals surface area contributed by atoms with Gasteiger partial charge in [-0.15, -0.1) is 0 Å². The maximum absolute atomic E-state index is 13.5. The number of halogens is 3. The summed E-state index contributed by atoms with van der Waals surface area (Å²) in [5.74, 6) is 1.36. The summed E-state index contributed by atoms with van der Waals surface area (Å²) in [6.45, 7) is 0.365. The fourth-order valence-corrected chi connectivity index (χ4v) is 4.74. The molecule has 6 nitrogen and oxygen atoms in total. The quantitative estimate of drug-likeness (QED) is 0.345. The van der Waals surface area contributed by atoms with E-state index in [0.717, 1.165) is 45.6 Å². The second kappa shape index (κ2) is 9.14. The third kappa shape index (κ3) is 4.32. The Morgan fingerprint density at radius 3 is 2.50 bits per heavy atom. The molecule has 0 bridgehead atoms. The third-order valence-electron chi connectivity index (χ3n) is 6.45. The molecule has 1 aliphatic heterocycles.